The zero-order valence-electron chi connectivity index (χ0n) is 21.2. The van der Waals surface area contributed by atoms with Crippen molar-refractivity contribution in [3.05, 3.63) is 58.9 Å². The van der Waals surface area contributed by atoms with Gasteiger partial charge in [0.05, 0.1) is 17.9 Å². The average molecular weight is 605 g/mol. The van der Waals surface area contributed by atoms with E-state index in [1.54, 1.807) is 0 Å². The second kappa shape index (κ2) is 11.9. The quantitative estimate of drug-likeness (QED) is 0.269. The summed E-state index contributed by atoms with van der Waals surface area (Å²) in [6, 6.07) is 5.27. The van der Waals surface area contributed by atoms with Gasteiger partial charge in [-0.3, -0.25) is 14.7 Å². The van der Waals surface area contributed by atoms with Crippen LogP contribution in [0.4, 0.5) is 27.6 Å². The highest BCUT2D eigenvalue weighted by Crippen LogP contribution is 2.33. The Balaban J connectivity index is 1.41. The summed E-state index contributed by atoms with van der Waals surface area (Å²) in [5.74, 6) is -1.31. The third kappa shape index (κ3) is 6.88. The van der Waals surface area contributed by atoms with Gasteiger partial charge in [-0.1, -0.05) is 0 Å². The van der Waals surface area contributed by atoms with Crippen LogP contribution in [0, 0.1) is 0 Å². The van der Waals surface area contributed by atoms with Crippen LogP contribution in [-0.2, 0) is 33.8 Å². The van der Waals surface area contributed by atoms with Crippen molar-refractivity contribution in [3.63, 3.8) is 0 Å². The first kappa shape index (κ1) is 30.1. The second-order valence-corrected chi connectivity index (χ2v) is 11.0. The summed E-state index contributed by atoms with van der Waals surface area (Å²) in [5.41, 5.74) is 3.39. The van der Waals surface area contributed by atoms with Crippen LogP contribution in [-0.4, -0.2) is 88.8 Å². The maximum absolute atomic E-state index is 13.3. The Morgan fingerprint density at radius 3 is 2.34 bits per heavy atom. The second-order valence-electron chi connectivity index (χ2n) is 9.02. The molecule has 41 heavy (non-hydrogen) atoms. The molecule has 1 aliphatic rings. The SMILES string of the molecule is NCC(=O)N1CCN(S(=O)(=O)c2ccc(NC(=O)c3ncc(Cc4c(C(F)(F)F)n[nH]c4CC(F)F)[nH]3)cc2)CC1. The molecule has 3 heterocycles. The number of carbonyl (C=O) groups excluding carboxylic acids is 2. The van der Waals surface area contributed by atoms with Gasteiger partial charge in [0.25, 0.3) is 5.91 Å². The van der Waals surface area contributed by atoms with Crippen LogP contribution in [0.15, 0.2) is 35.4 Å². The van der Waals surface area contributed by atoms with E-state index in [1.165, 1.54) is 33.5 Å². The highest BCUT2D eigenvalue weighted by Gasteiger charge is 2.38. The number of amides is 2. The molecule has 0 radical (unpaired) electrons. The summed E-state index contributed by atoms with van der Waals surface area (Å²) in [6.45, 7) is 0.450. The van der Waals surface area contributed by atoms with Crippen molar-refractivity contribution < 1.29 is 40.0 Å². The standard InChI is InChI=1S/C23H25F5N8O4S/c24-18(25)10-17-16(20(34-33-17)23(26,27)28)9-14-12-30-21(31-14)22(38)32-13-1-3-15(4-2-13)41(39,40)36-7-5-35(6-8-36)19(37)11-29/h1-4,12,18H,5-11,29H2,(H,30,31)(H,32,38)(H,33,34). The molecule has 2 amide bonds. The van der Waals surface area contributed by atoms with E-state index in [0.29, 0.717) is 0 Å². The first-order valence-electron chi connectivity index (χ1n) is 12.1. The molecule has 2 aromatic heterocycles. The number of nitrogens with zero attached hydrogens (tertiary/aromatic N) is 4. The van der Waals surface area contributed by atoms with Crippen molar-refractivity contribution in [2.24, 2.45) is 5.73 Å². The molecule has 1 saturated heterocycles. The molecule has 0 spiro atoms. The number of benzene rings is 1. The Morgan fingerprint density at radius 2 is 1.76 bits per heavy atom. The van der Waals surface area contributed by atoms with E-state index in [9.17, 15) is 40.0 Å². The highest BCUT2D eigenvalue weighted by molar-refractivity contribution is 7.89. The number of hydrogen-bond acceptors (Lipinski definition) is 7. The zero-order chi connectivity index (χ0) is 29.9. The van der Waals surface area contributed by atoms with Crippen molar-refractivity contribution in [3.8, 4) is 0 Å². The predicted molar refractivity (Wildman–Crippen MR) is 133 cm³/mol. The van der Waals surface area contributed by atoms with E-state index in [-0.39, 0.29) is 66.4 Å². The van der Waals surface area contributed by atoms with E-state index >= 15 is 0 Å². The Labute approximate surface area is 230 Å². The number of carbonyl (C=O) groups is 2. The number of anilines is 1. The summed E-state index contributed by atoms with van der Waals surface area (Å²) in [7, 11) is -3.86. The average Bonchev–Trinajstić information content (AvgIpc) is 3.56. The minimum Gasteiger partial charge on any atom is -0.339 e. The smallest absolute Gasteiger partial charge is 0.339 e. The molecule has 18 heteroatoms. The number of nitrogens with one attached hydrogen (secondary N) is 3. The monoisotopic (exact) mass is 604 g/mol. The molecule has 1 aliphatic heterocycles. The van der Waals surface area contributed by atoms with Crippen LogP contribution >= 0.6 is 0 Å². The number of imidazole rings is 1. The van der Waals surface area contributed by atoms with Crippen molar-refractivity contribution in [1.29, 1.82) is 0 Å². The fourth-order valence-corrected chi connectivity index (χ4v) is 5.68. The van der Waals surface area contributed by atoms with Crippen LogP contribution in [0.5, 0.6) is 0 Å². The largest absolute Gasteiger partial charge is 0.435 e. The molecule has 3 aromatic rings. The lowest BCUT2D eigenvalue weighted by Gasteiger charge is -2.33. The molecule has 12 nitrogen and oxygen atoms in total. The summed E-state index contributed by atoms with van der Waals surface area (Å²) in [5, 5.41) is 7.64. The van der Waals surface area contributed by atoms with Gasteiger partial charge in [0.2, 0.25) is 22.4 Å². The molecule has 0 bridgehead atoms. The Hall–Kier alpha value is -3.90. The number of aromatic nitrogens is 4. The van der Waals surface area contributed by atoms with Crippen LogP contribution in [0.1, 0.15) is 33.3 Å². The van der Waals surface area contributed by atoms with Gasteiger partial charge in [-0.15, -0.1) is 0 Å². The number of piperazine rings is 1. The van der Waals surface area contributed by atoms with Gasteiger partial charge >= 0.3 is 6.18 Å². The van der Waals surface area contributed by atoms with Gasteiger partial charge in [0.15, 0.2) is 11.5 Å². The number of sulfonamides is 1. The van der Waals surface area contributed by atoms with Gasteiger partial charge in [0.1, 0.15) is 0 Å². The predicted octanol–water partition coefficient (Wildman–Crippen LogP) is 1.59. The van der Waals surface area contributed by atoms with Crippen molar-refractivity contribution in [2.75, 3.05) is 38.0 Å². The Kier molecular flexibility index (Phi) is 8.74. The van der Waals surface area contributed by atoms with Crippen LogP contribution < -0.4 is 11.1 Å². The fraction of sp³-hybridized carbons (Fsp3) is 0.391. The molecule has 0 aliphatic carbocycles. The highest BCUT2D eigenvalue weighted by atomic mass is 32.2. The first-order valence-corrected chi connectivity index (χ1v) is 13.6. The lowest BCUT2D eigenvalue weighted by Crippen LogP contribution is -2.51. The van der Waals surface area contributed by atoms with Crippen molar-refractivity contribution >= 4 is 27.5 Å². The van der Waals surface area contributed by atoms with Gasteiger partial charge in [-0.05, 0) is 24.3 Å². The number of rotatable bonds is 9. The molecule has 222 valence electrons. The van der Waals surface area contributed by atoms with Crippen LogP contribution in [0.2, 0.25) is 0 Å². The maximum atomic E-state index is 13.3. The van der Waals surface area contributed by atoms with Crippen LogP contribution in [0.3, 0.4) is 0 Å². The maximum Gasteiger partial charge on any atom is 0.435 e. The van der Waals surface area contributed by atoms with Crippen molar-refractivity contribution in [1.82, 2.24) is 29.4 Å². The minimum atomic E-state index is -4.88. The number of H-pyrrole nitrogens is 2. The van der Waals surface area contributed by atoms with Crippen LogP contribution in [0.25, 0.3) is 0 Å². The topological polar surface area (TPSA) is 170 Å². The third-order valence-electron chi connectivity index (χ3n) is 6.31. The minimum absolute atomic E-state index is 0.0328. The summed E-state index contributed by atoms with van der Waals surface area (Å²) in [4.78, 5) is 32.2. The van der Waals surface area contributed by atoms with E-state index in [0.717, 1.165) is 6.20 Å². The fourth-order valence-electron chi connectivity index (χ4n) is 4.26. The Morgan fingerprint density at radius 1 is 1.10 bits per heavy atom. The third-order valence-corrected chi connectivity index (χ3v) is 8.22. The summed E-state index contributed by atoms with van der Waals surface area (Å²) < 4.78 is 92.8. The number of aromatic amines is 2. The molecule has 0 unspecified atom stereocenters. The first-order chi connectivity index (χ1) is 19.3. The molecular formula is C23H25F5N8O4S. The summed E-state index contributed by atoms with van der Waals surface area (Å²) in [6.07, 6.45) is -8.14. The lowest BCUT2D eigenvalue weighted by atomic mass is 10.1. The van der Waals surface area contributed by atoms with Gasteiger partial charge in [-0.25, -0.2) is 22.2 Å². The lowest BCUT2D eigenvalue weighted by molar-refractivity contribution is -0.141. The molecule has 5 N–H and O–H groups in total. The summed E-state index contributed by atoms with van der Waals surface area (Å²) >= 11 is 0. The molecule has 1 fully saturated rings. The van der Waals surface area contributed by atoms with E-state index in [4.69, 9.17) is 5.73 Å². The molecule has 4 rings (SSSR count). The number of hydrogen-bond donors (Lipinski definition) is 4. The van der Waals surface area contributed by atoms with Gasteiger partial charge < -0.3 is 20.9 Å². The molecule has 0 atom stereocenters. The zero-order valence-corrected chi connectivity index (χ0v) is 22.0. The molecule has 1 aromatic carbocycles. The van der Waals surface area contributed by atoms with E-state index < -0.39 is 52.6 Å². The van der Waals surface area contributed by atoms with Gasteiger partial charge in [-0.2, -0.15) is 22.6 Å². The normalized spacial score (nSPS) is 15.0. The molecule has 0 saturated carbocycles. The Bertz CT molecular complexity index is 1500. The van der Waals surface area contributed by atoms with E-state index in [2.05, 4.69) is 20.4 Å². The van der Waals surface area contributed by atoms with Gasteiger partial charge in [0, 0.05) is 61.4 Å². The van der Waals surface area contributed by atoms with E-state index in [1.807, 2.05) is 5.10 Å². The number of halogens is 5. The van der Waals surface area contributed by atoms with Crippen molar-refractivity contribution in [2.45, 2.75) is 30.3 Å². The number of nitrogens with two attached hydrogens (primary N) is 1. The number of alkyl halides is 5. The molecular weight excluding hydrogens is 579 g/mol.